The summed E-state index contributed by atoms with van der Waals surface area (Å²) in [7, 11) is 1.92. The fourth-order valence-electron chi connectivity index (χ4n) is 2.84. The Morgan fingerprint density at radius 2 is 1.90 bits per heavy atom. The molecule has 0 radical (unpaired) electrons. The molecule has 0 spiro atoms. The molecule has 1 aliphatic heterocycles. The van der Waals surface area contributed by atoms with Crippen LogP contribution in [0.25, 0.3) is 0 Å². The van der Waals surface area contributed by atoms with Crippen LogP contribution < -0.4 is 5.73 Å². The lowest BCUT2D eigenvalue weighted by molar-refractivity contribution is 0.0643. The van der Waals surface area contributed by atoms with Crippen LogP contribution in [0, 0.1) is 0 Å². The summed E-state index contributed by atoms with van der Waals surface area (Å²) in [6.45, 7) is 5.57. The smallest absolute Gasteiger partial charge is 0.253 e. The molecule has 0 bridgehead atoms. The van der Waals surface area contributed by atoms with Crippen LogP contribution in [-0.4, -0.2) is 48.4 Å². The number of hydrogen-bond acceptors (Lipinski definition) is 3. The maximum Gasteiger partial charge on any atom is 0.253 e. The molecule has 1 amide bonds. The number of anilines is 1. The van der Waals surface area contributed by atoms with Gasteiger partial charge in [-0.1, -0.05) is 6.92 Å². The number of nitrogens with zero attached hydrogens (tertiary/aromatic N) is 2. The fraction of sp³-hybridized carbons (Fsp3) is 0.562. The van der Waals surface area contributed by atoms with Crippen LogP contribution >= 0.6 is 0 Å². The lowest BCUT2D eigenvalue weighted by atomic mass is 10.0. The molecular formula is C16H25N3O. The molecule has 1 heterocycles. The van der Waals surface area contributed by atoms with Gasteiger partial charge in [-0.25, -0.2) is 0 Å². The van der Waals surface area contributed by atoms with Gasteiger partial charge >= 0.3 is 0 Å². The normalized spacial score (nSPS) is 17.1. The Morgan fingerprint density at radius 1 is 1.30 bits per heavy atom. The van der Waals surface area contributed by atoms with Crippen molar-refractivity contribution in [1.29, 1.82) is 0 Å². The van der Waals surface area contributed by atoms with Crippen molar-refractivity contribution in [2.75, 3.05) is 32.4 Å². The summed E-state index contributed by atoms with van der Waals surface area (Å²) >= 11 is 0. The zero-order valence-electron chi connectivity index (χ0n) is 12.5. The largest absolute Gasteiger partial charge is 0.399 e. The van der Waals surface area contributed by atoms with Gasteiger partial charge in [-0.3, -0.25) is 4.79 Å². The number of amides is 1. The summed E-state index contributed by atoms with van der Waals surface area (Å²) in [5, 5.41) is 0. The van der Waals surface area contributed by atoms with Crippen molar-refractivity contribution < 1.29 is 4.79 Å². The Labute approximate surface area is 121 Å². The number of hydrogen-bond donors (Lipinski definition) is 1. The number of carbonyl (C=O) groups is 1. The number of nitrogen functional groups attached to an aromatic ring is 1. The van der Waals surface area contributed by atoms with Crippen LogP contribution in [0.3, 0.4) is 0 Å². The minimum absolute atomic E-state index is 0.0962. The standard InChI is InChI=1S/C16H25N3O/c1-3-10-19-11-8-15(9-12-19)18(2)16(20)13-4-6-14(17)7-5-13/h4-7,15H,3,8-12,17H2,1-2H3. The molecule has 1 aromatic carbocycles. The van der Waals surface area contributed by atoms with E-state index in [9.17, 15) is 4.79 Å². The lowest BCUT2D eigenvalue weighted by Crippen LogP contribution is -2.45. The molecule has 20 heavy (non-hydrogen) atoms. The molecule has 2 N–H and O–H groups in total. The second kappa shape index (κ2) is 6.75. The van der Waals surface area contributed by atoms with E-state index in [1.807, 2.05) is 11.9 Å². The zero-order valence-corrected chi connectivity index (χ0v) is 12.5. The monoisotopic (exact) mass is 275 g/mol. The molecule has 1 aromatic rings. The number of nitrogens with two attached hydrogens (primary N) is 1. The average molecular weight is 275 g/mol. The minimum Gasteiger partial charge on any atom is -0.399 e. The molecule has 1 saturated heterocycles. The topological polar surface area (TPSA) is 49.6 Å². The highest BCUT2D eigenvalue weighted by Crippen LogP contribution is 2.18. The van der Waals surface area contributed by atoms with Crippen LogP contribution in [0.1, 0.15) is 36.5 Å². The first kappa shape index (κ1) is 14.9. The molecule has 4 nitrogen and oxygen atoms in total. The third-order valence-corrected chi connectivity index (χ3v) is 4.12. The summed E-state index contributed by atoms with van der Waals surface area (Å²) in [5.41, 5.74) is 7.07. The molecule has 1 aliphatic rings. The van der Waals surface area contributed by atoms with Crippen LogP contribution in [0.5, 0.6) is 0 Å². The maximum absolute atomic E-state index is 12.4. The molecule has 1 fully saturated rings. The van der Waals surface area contributed by atoms with Gasteiger partial charge in [0.2, 0.25) is 0 Å². The second-order valence-electron chi connectivity index (χ2n) is 5.61. The number of likely N-dealkylation sites (tertiary alicyclic amines) is 1. The molecule has 110 valence electrons. The Morgan fingerprint density at radius 3 is 2.45 bits per heavy atom. The Hall–Kier alpha value is -1.55. The van der Waals surface area contributed by atoms with Gasteiger partial charge in [-0.05, 0) is 50.1 Å². The third kappa shape index (κ3) is 3.51. The summed E-state index contributed by atoms with van der Waals surface area (Å²) in [6.07, 6.45) is 3.33. The highest BCUT2D eigenvalue weighted by atomic mass is 16.2. The van der Waals surface area contributed by atoms with Crippen molar-refractivity contribution in [2.45, 2.75) is 32.2 Å². The van der Waals surface area contributed by atoms with E-state index in [0.717, 1.165) is 31.5 Å². The Bertz CT molecular complexity index is 436. The SMILES string of the molecule is CCCN1CCC(N(C)C(=O)c2ccc(N)cc2)CC1. The van der Waals surface area contributed by atoms with Crippen LogP contribution in [0.4, 0.5) is 5.69 Å². The summed E-state index contributed by atoms with van der Waals surface area (Å²) in [6, 6.07) is 7.53. The number of carbonyl (C=O) groups excluding carboxylic acids is 1. The third-order valence-electron chi connectivity index (χ3n) is 4.12. The predicted molar refractivity (Wildman–Crippen MR) is 82.7 cm³/mol. The second-order valence-corrected chi connectivity index (χ2v) is 5.61. The van der Waals surface area contributed by atoms with Crippen LogP contribution in [0.15, 0.2) is 24.3 Å². The van der Waals surface area contributed by atoms with E-state index in [0.29, 0.717) is 11.7 Å². The number of benzene rings is 1. The van der Waals surface area contributed by atoms with Crippen molar-refractivity contribution in [3.63, 3.8) is 0 Å². The van der Waals surface area contributed by atoms with Crippen LogP contribution in [0.2, 0.25) is 0 Å². The van der Waals surface area contributed by atoms with Crippen molar-refractivity contribution in [2.24, 2.45) is 0 Å². The van der Waals surface area contributed by atoms with Gasteiger partial charge < -0.3 is 15.5 Å². The van der Waals surface area contributed by atoms with Gasteiger partial charge in [0, 0.05) is 37.4 Å². The minimum atomic E-state index is 0.0962. The molecule has 0 aromatic heterocycles. The first-order chi connectivity index (χ1) is 9.61. The molecule has 2 rings (SSSR count). The van der Waals surface area contributed by atoms with E-state index < -0.39 is 0 Å². The summed E-state index contributed by atoms with van der Waals surface area (Å²) in [5.74, 6) is 0.0962. The average Bonchev–Trinajstić information content (AvgIpc) is 2.48. The van der Waals surface area contributed by atoms with E-state index in [1.165, 1.54) is 13.0 Å². The molecule has 4 heteroatoms. The van der Waals surface area contributed by atoms with Crippen molar-refractivity contribution in [3.05, 3.63) is 29.8 Å². The van der Waals surface area contributed by atoms with Gasteiger partial charge in [-0.15, -0.1) is 0 Å². The first-order valence-electron chi connectivity index (χ1n) is 7.47. The number of piperidine rings is 1. The van der Waals surface area contributed by atoms with Crippen LogP contribution in [-0.2, 0) is 0 Å². The van der Waals surface area contributed by atoms with Crippen molar-refractivity contribution in [3.8, 4) is 0 Å². The lowest BCUT2D eigenvalue weighted by Gasteiger charge is -2.36. The quantitative estimate of drug-likeness (QED) is 0.857. The van der Waals surface area contributed by atoms with E-state index in [2.05, 4.69) is 11.8 Å². The van der Waals surface area contributed by atoms with E-state index in [1.54, 1.807) is 24.3 Å². The van der Waals surface area contributed by atoms with E-state index in [-0.39, 0.29) is 5.91 Å². The van der Waals surface area contributed by atoms with Crippen molar-refractivity contribution >= 4 is 11.6 Å². The Balaban J connectivity index is 1.93. The summed E-state index contributed by atoms with van der Waals surface area (Å²) in [4.78, 5) is 16.8. The van der Waals surface area contributed by atoms with E-state index in [4.69, 9.17) is 5.73 Å². The molecular weight excluding hydrogens is 250 g/mol. The van der Waals surface area contributed by atoms with Gasteiger partial charge in [0.15, 0.2) is 0 Å². The zero-order chi connectivity index (χ0) is 14.5. The van der Waals surface area contributed by atoms with Gasteiger partial charge in [0.25, 0.3) is 5.91 Å². The van der Waals surface area contributed by atoms with E-state index >= 15 is 0 Å². The Kier molecular flexibility index (Phi) is 5.01. The van der Waals surface area contributed by atoms with Gasteiger partial charge in [0.1, 0.15) is 0 Å². The maximum atomic E-state index is 12.4. The summed E-state index contributed by atoms with van der Waals surface area (Å²) < 4.78 is 0. The highest BCUT2D eigenvalue weighted by Gasteiger charge is 2.25. The van der Waals surface area contributed by atoms with Crippen molar-refractivity contribution in [1.82, 2.24) is 9.80 Å². The van der Waals surface area contributed by atoms with Gasteiger partial charge in [-0.2, -0.15) is 0 Å². The molecule has 0 unspecified atom stereocenters. The molecule has 0 saturated carbocycles. The van der Waals surface area contributed by atoms with Gasteiger partial charge in [0.05, 0.1) is 0 Å². The molecule has 0 atom stereocenters. The number of rotatable bonds is 4. The highest BCUT2D eigenvalue weighted by molar-refractivity contribution is 5.94. The predicted octanol–water partition coefficient (Wildman–Crippen LogP) is 2.22. The fourth-order valence-corrected chi connectivity index (χ4v) is 2.84. The molecule has 0 aliphatic carbocycles. The first-order valence-corrected chi connectivity index (χ1v) is 7.47.